The van der Waals surface area contributed by atoms with E-state index in [4.69, 9.17) is 4.43 Å². The average Bonchev–Trinajstić information content (AvgIpc) is 2.31. The van der Waals surface area contributed by atoms with Crippen LogP contribution in [0.25, 0.3) is 0 Å². The Bertz CT molecular complexity index is 192. The van der Waals surface area contributed by atoms with Crippen LogP contribution in [0.3, 0.4) is 0 Å². The van der Waals surface area contributed by atoms with E-state index < -0.39 is 8.32 Å². The first-order valence-corrected chi connectivity index (χ1v) is 8.37. The Hall–Kier alpha value is -0.413. The minimum Gasteiger partial charge on any atom is -0.410 e. The predicted molar refractivity (Wildman–Crippen MR) is 67.5 cm³/mol. The molecule has 0 spiro atoms. The molecule has 0 unspecified atom stereocenters. The highest BCUT2D eigenvalue weighted by atomic mass is 28.4. The Balaban J connectivity index is 4.61. The molecule has 2 atom stereocenters. The molecule has 0 aromatic rings. The smallest absolute Gasteiger partial charge is 0.192 e. The highest BCUT2D eigenvalue weighted by Gasteiger charge is 2.32. The van der Waals surface area contributed by atoms with Crippen molar-refractivity contribution < 1.29 is 9.22 Å². The predicted octanol–water partition coefficient (Wildman–Crippen LogP) is 3.40. The van der Waals surface area contributed by atoms with Crippen LogP contribution in [0.4, 0.5) is 0 Å². The van der Waals surface area contributed by atoms with E-state index in [0.717, 1.165) is 24.4 Å². The first-order valence-electron chi connectivity index (χ1n) is 5.84. The molecule has 0 radical (unpaired) electrons. The average molecular weight is 228 g/mol. The summed E-state index contributed by atoms with van der Waals surface area (Å²) in [5.41, 5.74) is 0. The van der Waals surface area contributed by atoms with Gasteiger partial charge >= 0.3 is 0 Å². The molecule has 0 saturated heterocycles. The molecule has 0 bridgehead atoms. The second-order valence-corrected chi connectivity index (χ2v) is 8.78. The van der Waals surface area contributed by atoms with Gasteiger partial charge in [-0.1, -0.05) is 33.8 Å². The van der Waals surface area contributed by atoms with Crippen molar-refractivity contribution in [3.05, 3.63) is 12.7 Å². The molecule has 0 amide bonds. The van der Waals surface area contributed by atoms with E-state index in [1.54, 1.807) is 6.08 Å². The summed E-state index contributed by atoms with van der Waals surface area (Å²) < 4.78 is 6.18. The minimum absolute atomic E-state index is 0.0842. The molecule has 0 aromatic heterocycles. The van der Waals surface area contributed by atoms with Crippen LogP contribution in [0.2, 0.25) is 18.1 Å². The third-order valence-electron chi connectivity index (χ3n) is 3.28. The van der Waals surface area contributed by atoms with Crippen LogP contribution in [0.5, 0.6) is 0 Å². The van der Waals surface area contributed by atoms with Gasteiger partial charge in [-0.2, -0.15) is 0 Å². The normalized spacial score (nSPS) is 15.7. The van der Waals surface area contributed by atoms with Gasteiger partial charge in [0.05, 0.1) is 6.10 Å². The zero-order chi connectivity index (χ0) is 11.9. The second-order valence-electron chi connectivity index (χ2n) is 4.06. The molecule has 0 aromatic carbocycles. The number of rotatable bonds is 8. The van der Waals surface area contributed by atoms with Crippen molar-refractivity contribution in [2.75, 3.05) is 0 Å². The van der Waals surface area contributed by atoms with E-state index in [1.165, 1.54) is 0 Å². The van der Waals surface area contributed by atoms with Crippen molar-refractivity contribution in [2.45, 2.75) is 51.9 Å². The van der Waals surface area contributed by atoms with Crippen molar-refractivity contribution in [3.8, 4) is 0 Å². The fourth-order valence-electron chi connectivity index (χ4n) is 1.74. The lowest BCUT2D eigenvalue weighted by Crippen LogP contribution is -2.41. The lowest BCUT2D eigenvalue weighted by atomic mass is 10.1. The summed E-state index contributed by atoms with van der Waals surface area (Å²) in [6.07, 6.45) is 2.61. The fraction of sp³-hybridized carbons (Fsp3) is 0.750. The number of hydrogen-bond donors (Lipinski definition) is 0. The zero-order valence-corrected chi connectivity index (χ0v) is 11.5. The molecular weight excluding hydrogens is 204 g/mol. The van der Waals surface area contributed by atoms with Crippen molar-refractivity contribution in [1.82, 2.24) is 0 Å². The van der Waals surface area contributed by atoms with Crippen LogP contribution in [0.1, 0.15) is 27.7 Å². The Labute approximate surface area is 94.8 Å². The lowest BCUT2D eigenvalue weighted by Gasteiger charge is -2.33. The zero-order valence-electron chi connectivity index (χ0n) is 10.5. The monoisotopic (exact) mass is 228 g/mol. The van der Waals surface area contributed by atoms with Crippen LogP contribution in [0, 0.1) is 5.92 Å². The van der Waals surface area contributed by atoms with Gasteiger partial charge in [0.2, 0.25) is 0 Å². The van der Waals surface area contributed by atoms with Crippen LogP contribution < -0.4 is 0 Å². The third-order valence-corrected chi connectivity index (χ3v) is 7.92. The van der Waals surface area contributed by atoms with Gasteiger partial charge in [-0.15, -0.1) is 6.58 Å². The number of carbonyl (C=O) groups excluding carboxylic acids is 1. The summed E-state index contributed by atoms with van der Waals surface area (Å²) in [4.78, 5) is 10.7. The van der Waals surface area contributed by atoms with Crippen LogP contribution in [-0.2, 0) is 9.22 Å². The lowest BCUT2D eigenvalue weighted by molar-refractivity contribution is -0.112. The first kappa shape index (κ1) is 14.6. The van der Waals surface area contributed by atoms with E-state index in [0.29, 0.717) is 0 Å². The quantitative estimate of drug-likeness (QED) is 0.361. The number of carbonyl (C=O) groups is 1. The summed E-state index contributed by atoms with van der Waals surface area (Å²) in [6.45, 7) is 12.2. The Morgan fingerprint density at radius 2 is 1.73 bits per heavy atom. The van der Waals surface area contributed by atoms with Crippen molar-refractivity contribution >= 4 is 14.6 Å². The van der Waals surface area contributed by atoms with Gasteiger partial charge in [-0.25, -0.2) is 0 Å². The van der Waals surface area contributed by atoms with Crippen LogP contribution in [0.15, 0.2) is 12.7 Å². The maximum atomic E-state index is 10.7. The van der Waals surface area contributed by atoms with Gasteiger partial charge in [-0.05, 0) is 18.1 Å². The van der Waals surface area contributed by atoms with Crippen LogP contribution in [-0.4, -0.2) is 20.7 Å². The van der Waals surface area contributed by atoms with E-state index in [-0.39, 0.29) is 12.0 Å². The minimum atomic E-state index is -1.61. The molecule has 0 aliphatic carbocycles. The van der Waals surface area contributed by atoms with Crippen molar-refractivity contribution in [3.63, 3.8) is 0 Å². The van der Waals surface area contributed by atoms with Gasteiger partial charge in [-0.3, -0.25) is 0 Å². The maximum absolute atomic E-state index is 10.7. The SMILES string of the molecule is C=C[C@H](O[Si](CC)(CC)CC)[C@@H](C)C=O. The molecule has 0 saturated carbocycles. The Morgan fingerprint density at radius 3 is 2.00 bits per heavy atom. The van der Waals surface area contributed by atoms with Gasteiger partial charge in [0.15, 0.2) is 8.32 Å². The molecule has 0 N–H and O–H groups in total. The summed E-state index contributed by atoms with van der Waals surface area (Å²) in [5.74, 6) is -0.0842. The molecule has 2 nitrogen and oxygen atoms in total. The second kappa shape index (κ2) is 6.96. The van der Waals surface area contributed by atoms with Gasteiger partial charge in [0, 0.05) is 5.92 Å². The standard InChI is InChI=1S/C12H24O2Si/c1-6-12(11(5)10-13)14-15(7-2,8-3)9-4/h6,10-12H,1,7-9H2,2-5H3/t11-,12-/m0/s1. The highest BCUT2D eigenvalue weighted by molar-refractivity contribution is 6.73. The maximum Gasteiger partial charge on any atom is 0.192 e. The molecule has 88 valence electrons. The molecule has 0 fully saturated rings. The largest absolute Gasteiger partial charge is 0.410 e. The fourth-order valence-corrected chi connectivity index (χ4v) is 4.62. The van der Waals surface area contributed by atoms with E-state index in [1.807, 2.05) is 6.92 Å². The Morgan fingerprint density at radius 1 is 1.27 bits per heavy atom. The topological polar surface area (TPSA) is 26.3 Å². The van der Waals surface area contributed by atoms with E-state index >= 15 is 0 Å². The number of hydrogen-bond acceptors (Lipinski definition) is 2. The van der Waals surface area contributed by atoms with Gasteiger partial charge < -0.3 is 9.22 Å². The molecule has 0 heterocycles. The molecule has 3 heteroatoms. The summed E-state index contributed by atoms with van der Waals surface area (Å²) in [7, 11) is -1.61. The molecule has 0 aliphatic heterocycles. The Kier molecular flexibility index (Phi) is 6.77. The summed E-state index contributed by atoms with van der Waals surface area (Å²) in [5, 5.41) is 0. The highest BCUT2D eigenvalue weighted by Crippen LogP contribution is 2.25. The molecule has 0 aliphatic rings. The number of aldehydes is 1. The van der Waals surface area contributed by atoms with Crippen molar-refractivity contribution in [1.29, 1.82) is 0 Å². The van der Waals surface area contributed by atoms with Gasteiger partial charge in [0.1, 0.15) is 6.29 Å². The molecule has 15 heavy (non-hydrogen) atoms. The van der Waals surface area contributed by atoms with E-state index in [9.17, 15) is 4.79 Å². The molecule has 0 rings (SSSR count). The summed E-state index contributed by atoms with van der Waals surface area (Å²) in [6, 6.07) is 3.32. The van der Waals surface area contributed by atoms with Crippen molar-refractivity contribution in [2.24, 2.45) is 5.92 Å². The third kappa shape index (κ3) is 3.91. The summed E-state index contributed by atoms with van der Waals surface area (Å²) >= 11 is 0. The van der Waals surface area contributed by atoms with Crippen LogP contribution >= 0.6 is 0 Å². The van der Waals surface area contributed by atoms with E-state index in [2.05, 4.69) is 27.4 Å². The van der Waals surface area contributed by atoms with Gasteiger partial charge in [0.25, 0.3) is 0 Å². The molecular formula is C12H24O2Si. The first-order chi connectivity index (χ1) is 7.09.